The maximum Gasteiger partial charge on any atom is 0.220 e. The normalized spacial score (nSPS) is 10.3. The Hall–Kier alpha value is -0.650. The van der Waals surface area contributed by atoms with Crippen molar-refractivity contribution in [3.05, 3.63) is 0 Å². The van der Waals surface area contributed by atoms with E-state index in [2.05, 4.69) is 5.32 Å². The molecule has 0 fully saturated rings. The summed E-state index contributed by atoms with van der Waals surface area (Å²) in [5.74, 6) is 0.0670. The monoisotopic (exact) mass is 218 g/mol. The van der Waals surface area contributed by atoms with Crippen LogP contribution in [0.25, 0.3) is 0 Å². The molecule has 0 radical (unpaired) electrons. The highest BCUT2D eigenvalue weighted by molar-refractivity contribution is 5.75. The molecule has 1 amide bonds. The van der Waals surface area contributed by atoms with Crippen molar-refractivity contribution >= 4 is 5.91 Å². The van der Waals surface area contributed by atoms with Crippen molar-refractivity contribution in [2.45, 2.75) is 19.3 Å². The van der Waals surface area contributed by atoms with Gasteiger partial charge < -0.3 is 20.5 Å². The van der Waals surface area contributed by atoms with E-state index < -0.39 is 0 Å². The number of hydrogen-bond donors (Lipinski definition) is 2. The fraction of sp³-hybridized carbons (Fsp3) is 0.900. The maximum atomic E-state index is 11.1. The quantitative estimate of drug-likeness (QED) is 0.502. The molecule has 15 heavy (non-hydrogen) atoms. The standard InChI is InChI=1S/C10H22N2O3/c1-14-8-9-15-7-3-6-12-10(13)4-2-5-11/h2-9,11H2,1H3,(H,12,13). The molecule has 5 heteroatoms. The Morgan fingerprint density at radius 2 is 2.07 bits per heavy atom. The predicted octanol–water partition coefficient (Wildman–Crippen LogP) is -0.105. The number of ether oxygens (including phenoxy) is 2. The number of rotatable bonds is 10. The van der Waals surface area contributed by atoms with E-state index in [0.717, 1.165) is 12.8 Å². The van der Waals surface area contributed by atoms with Gasteiger partial charge in [-0.3, -0.25) is 4.79 Å². The van der Waals surface area contributed by atoms with E-state index in [9.17, 15) is 4.79 Å². The number of amides is 1. The number of nitrogens with two attached hydrogens (primary N) is 1. The van der Waals surface area contributed by atoms with Gasteiger partial charge in [0.15, 0.2) is 0 Å². The zero-order chi connectivity index (χ0) is 11.4. The Morgan fingerprint density at radius 1 is 1.27 bits per heavy atom. The van der Waals surface area contributed by atoms with Crippen molar-refractivity contribution in [2.24, 2.45) is 5.73 Å². The van der Waals surface area contributed by atoms with Crippen LogP contribution in [-0.4, -0.2) is 45.9 Å². The first-order valence-corrected chi connectivity index (χ1v) is 5.34. The second-order valence-corrected chi connectivity index (χ2v) is 3.20. The summed E-state index contributed by atoms with van der Waals surface area (Å²) < 4.78 is 10.1. The lowest BCUT2D eigenvalue weighted by atomic mass is 10.3. The Morgan fingerprint density at radius 3 is 2.73 bits per heavy atom. The average molecular weight is 218 g/mol. The van der Waals surface area contributed by atoms with E-state index >= 15 is 0 Å². The lowest BCUT2D eigenvalue weighted by Gasteiger charge is -2.05. The molecule has 0 heterocycles. The van der Waals surface area contributed by atoms with Gasteiger partial charge >= 0.3 is 0 Å². The first kappa shape index (κ1) is 14.3. The molecule has 0 saturated carbocycles. The molecule has 0 spiro atoms. The van der Waals surface area contributed by atoms with Crippen molar-refractivity contribution < 1.29 is 14.3 Å². The van der Waals surface area contributed by atoms with Crippen LogP contribution in [0.1, 0.15) is 19.3 Å². The number of nitrogens with one attached hydrogen (secondary N) is 1. The Labute approximate surface area is 91.3 Å². The minimum atomic E-state index is 0.0670. The lowest BCUT2D eigenvalue weighted by Crippen LogP contribution is -2.25. The largest absolute Gasteiger partial charge is 0.382 e. The summed E-state index contributed by atoms with van der Waals surface area (Å²) in [7, 11) is 1.64. The molecule has 3 N–H and O–H groups in total. The van der Waals surface area contributed by atoms with Crippen LogP contribution in [0, 0.1) is 0 Å². The Balaban J connectivity index is 3.06. The third-order valence-corrected chi connectivity index (χ3v) is 1.83. The van der Waals surface area contributed by atoms with Gasteiger partial charge in [0.25, 0.3) is 0 Å². The molecule has 5 nitrogen and oxygen atoms in total. The highest BCUT2D eigenvalue weighted by Gasteiger charge is 1.98. The molecule has 90 valence electrons. The molecule has 0 aliphatic rings. The SMILES string of the molecule is COCCOCCCNC(=O)CCCN. The third-order valence-electron chi connectivity index (χ3n) is 1.83. The first-order chi connectivity index (χ1) is 7.31. The molecule has 0 aliphatic carbocycles. The number of carbonyl (C=O) groups is 1. The topological polar surface area (TPSA) is 73.6 Å². The highest BCUT2D eigenvalue weighted by Crippen LogP contribution is 1.86. The molecule has 0 atom stereocenters. The average Bonchev–Trinajstić information content (AvgIpc) is 2.25. The molecule has 0 aromatic carbocycles. The van der Waals surface area contributed by atoms with Crippen LogP contribution in [0.15, 0.2) is 0 Å². The summed E-state index contributed by atoms with van der Waals surface area (Å²) in [6.45, 7) is 3.10. The van der Waals surface area contributed by atoms with E-state index in [1.54, 1.807) is 7.11 Å². The summed E-state index contributed by atoms with van der Waals surface area (Å²) in [4.78, 5) is 11.1. The molecular weight excluding hydrogens is 196 g/mol. The maximum absolute atomic E-state index is 11.1. The van der Waals surface area contributed by atoms with Gasteiger partial charge in [-0.1, -0.05) is 0 Å². The fourth-order valence-electron chi connectivity index (χ4n) is 0.997. The number of carbonyl (C=O) groups excluding carboxylic acids is 1. The van der Waals surface area contributed by atoms with E-state index in [0.29, 0.717) is 39.3 Å². The van der Waals surface area contributed by atoms with Crippen LogP contribution >= 0.6 is 0 Å². The molecule has 0 aromatic heterocycles. The van der Waals surface area contributed by atoms with Gasteiger partial charge in [-0.2, -0.15) is 0 Å². The van der Waals surface area contributed by atoms with Gasteiger partial charge in [0.1, 0.15) is 0 Å². The van der Waals surface area contributed by atoms with E-state index in [1.807, 2.05) is 0 Å². The summed E-state index contributed by atoms with van der Waals surface area (Å²) in [6.07, 6.45) is 2.09. The van der Waals surface area contributed by atoms with Crippen molar-refractivity contribution in [3.63, 3.8) is 0 Å². The molecule has 0 unspecified atom stereocenters. The van der Waals surface area contributed by atoms with Gasteiger partial charge in [0.05, 0.1) is 13.2 Å². The Bertz CT molecular complexity index is 154. The minimum absolute atomic E-state index is 0.0670. The van der Waals surface area contributed by atoms with E-state index in [4.69, 9.17) is 15.2 Å². The summed E-state index contributed by atoms with van der Waals surface area (Å²) >= 11 is 0. The third kappa shape index (κ3) is 11.3. The van der Waals surface area contributed by atoms with Gasteiger partial charge in [-0.05, 0) is 19.4 Å². The van der Waals surface area contributed by atoms with Crippen molar-refractivity contribution in [2.75, 3.05) is 40.0 Å². The molecular formula is C10H22N2O3. The molecule has 0 rings (SSSR count). The predicted molar refractivity (Wildman–Crippen MR) is 58.6 cm³/mol. The van der Waals surface area contributed by atoms with Crippen molar-refractivity contribution in [1.29, 1.82) is 0 Å². The highest BCUT2D eigenvalue weighted by atomic mass is 16.5. The second kappa shape index (κ2) is 11.4. The van der Waals surface area contributed by atoms with E-state index in [-0.39, 0.29) is 5.91 Å². The number of hydrogen-bond acceptors (Lipinski definition) is 4. The zero-order valence-electron chi connectivity index (χ0n) is 9.46. The summed E-state index contributed by atoms with van der Waals surface area (Å²) in [5, 5.41) is 2.80. The van der Waals surface area contributed by atoms with Crippen molar-refractivity contribution in [1.82, 2.24) is 5.32 Å². The molecule has 0 aliphatic heterocycles. The van der Waals surface area contributed by atoms with Crippen LogP contribution in [0.5, 0.6) is 0 Å². The van der Waals surface area contributed by atoms with Gasteiger partial charge in [0, 0.05) is 26.7 Å². The fourth-order valence-corrected chi connectivity index (χ4v) is 0.997. The molecule has 0 aromatic rings. The van der Waals surface area contributed by atoms with Crippen LogP contribution < -0.4 is 11.1 Å². The Kier molecular flexibility index (Phi) is 10.9. The smallest absolute Gasteiger partial charge is 0.220 e. The number of methoxy groups -OCH3 is 1. The van der Waals surface area contributed by atoms with Gasteiger partial charge in [-0.25, -0.2) is 0 Å². The summed E-state index contributed by atoms with van der Waals surface area (Å²) in [5.41, 5.74) is 5.29. The van der Waals surface area contributed by atoms with Crippen LogP contribution in [-0.2, 0) is 14.3 Å². The molecule has 0 bridgehead atoms. The van der Waals surface area contributed by atoms with E-state index in [1.165, 1.54) is 0 Å². The van der Waals surface area contributed by atoms with Crippen LogP contribution in [0.4, 0.5) is 0 Å². The van der Waals surface area contributed by atoms with Crippen molar-refractivity contribution in [3.8, 4) is 0 Å². The minimum Gasteiger partial charge on any atom is -0.382 e. The van der Waals surface area contributed by atoms with Crippen LogP contribution in [0.3, 0.4) is 0 Å². The second-order valence-electron chi connectivity index (χ2n) is 3.20. The first-order valence-electron chi connectivity index (χ1n) is 5.34. The van der Waals surface area contributed by atoms with Crippen LogP contribution in [0.2, 0.25) is 0 Å². The lowest BCUT2D eigenvalue weighted by molar-refractivity contribution is -0.121. The molecule has 0 saturated heterocycles. The zero-order valence-corrected chi connectivity index (χ0v) is 9.46. The summed E-state index contributed by atoms with van der Waals surface area (Å²) in [6, 6.07) is 0. The van der Waals surface area contributed by atoms with Gasteiger partial charge in [-0.15, -0.1) is 0 Å². The van der Waals surface area contributed by atoms with Gasteiger partial charge in [0.2, 0.25) is 5.91 Å².